The minimum Gasteiger partial charge on any atom is -0.265 e. The molecule has 0 saturated carbocycles. The lowest BCUT2D eigenvalue weighted by atomic mass is 10.3. The average Bonchev–Trinajstić information content (AvgIpc) is 3.04. The Bertz CT molecular complexity index is 914. The molecule has 0 aliphatic rings. The molecule has 1 N–H and O–H groups in total. The van der Waals surface area contributed by atoms with E-state index in [0.717, 1.165) is 23.4 Å². The number of nitrogens with one attached hydrogen (secondary N) is 1. The van der Waals surface area contributed by atoms with Crippen molar-refractivity contribution in [2.24, 2.45) is 0 Å². The molecule has 24 heavy (non-hydrogen) atoms. The topological polar surface area (TPSA) is 141 Å². The highest BCUT2D eigenvalue weighted by Crippen LogP contribution is 2.35. The van der Waals surface area contributed by atoms with Crippen molar-refractivity contribution in [1.29, 1.82) is 0 Å². The van der Waals surface area contributed by atoms with E-state index < -0.39 is 9.85 Å². The molecular formula is C13H8N6O4S. The molecular weight excluding hydrogens is 336 g/mol. The number of hydrogen-bond acceptors (Lipinski definition) is 8. The average molecular weight is 344 g/mol. The summed E-state index contributed by atoms with van der Waals surface area (Å²) in [6.45, 7) is 0. The Labute approximate surface area is 138 Å². The van der Waals surface area contributed by atoms with Gasteiger partial charge in [0.25, 0.3) is 11.4 Å². The molecule has 0 bridgehead atoms. The van der Waals surface area contributed by atoms with Gasteiger partial charge in [0, 0.05) is 24.0 Å². The number of aromatic nitrogens is 4. The third-order valence-corrected chi connectivity index (χ3v) is 3.90. The molecule has 0 amide bonds. The number of nitro groups is 2. The van der Waals surface area contributed by atoms with Crippen molar-refractivity contribution in [2.45, 2.75) is 10.1 Å². The van der Waals surface area contributed by atoms with E-state index in [1.165, 1.54) is 12.1 Å². The van der Waals surface area contributed by atoms with Gasteiger partial charge in [-0.2, -0.15) is 0 Å². The molecule has 3 rings (SSSR count). The minimum atomic E-state index is -0.685. The number of non-ortho nitro benzene ring substituents is 1. The summed E-state index contributed by atoms with van der Waals surface area (Å²) in [4.78, 5) is 28.9. The summed E-state index contributed by atoms with van der Waals surface area (Å²) in [7, 11) is 0. The van der Waals surface area contributed by atoms with Gasteiger partial charge in [0.2, 0.25) is 5.16 Å². The quantitative estimate of drug-likeness (QED) is 0.550. The number of nitro benzene ring substituents is 2. The van der Waals surface area contributed by atoms with Gasteiger partial charge >= 0.3 is 0 Å². The van der Waals surface area contributed by atoms with Crippen molar-refractivity contribution in [2.75, 3.05) is 0 Å². The van der Waals surface area contributed by atoms with E-state index in [9.17, 15) is 20.2 Å². The summed E-state index contributed by atoms with van der Waals surface area (Å²) in [5, 5.41) is 28.9. The maximum Gasteiger partial charge on any atom is 0.290 e. The van der Waals surface area contributed by atoms with E-state index in [1.54, 1.807) is 24.5 Å². The highest BCUT2D eigenvalue weighted by Gasteiger charge is 2.21. The number of nitrogens with zero attached hydrogens (tertiary/aromatic N) is 5. The van der Waals surface area contributed by atoms with Crippen molar-refractivity contribution in [3.05, 3.63) is 63.0 Å². The summed E-state index contributed by atoms with van der Waals surface area (Å²) in [6.07, 6.45) is 3.21. The SMILES string of the molecule is O=[N+]([O-])c1ccc(Sc2n[nH]c(-c3ccncc3)n2)c([N+](=O)[O-])c1. The molecule has 0 saturated heterocycles. The number of hydrogen-bond donors (Lipinski definition) is 1. The van der Waals surface area contributed by atoms with Gasteiger partial charge in [-0.1, -0.05) is 0 Å². The van der Waals surface area contributed by atoms with E-state index in [4.69, 9.17) is 0 Å². The second-order valence-electron chi connectivity index (χ2n) is 4.47. The number of rotatable bonds is 5. The standard InChI is InChI=1S/C13H8N6O4S/c20-18(21)9-1-2-11(10(7-9)19(22)23)24-13-15-12(16-17-13)8-3-5-14-6-4-8/h1-7H,(H,15,16,17). The fraction of sp³-hybridized carbons (Fsp3) is 0. The van der Waals surface area contributed by atoms with Crippen LogP contribution in [0.25, 0.3) is 11.4 Å². The van der Waals surface area contributed by atoms with Crippen molar-refractivity contribution >= 4 is 23.1 Å². The predicted octanol–water partition coefficient (Wildman–Crippen LogP) is 2.83. The molecule has 3 aromatic rings. The Kier molecular flexibility index (Phi) is 4.16. The van der Waals surface area contributed by atoms with Gasteiger partial charge in [0.15, 0.2) is 5.82 Å². The highest BCUT2D eigenvalue weighted by molar-refractivity contribution is 7.99. The molecule has 0 spiro atoms. The van der Waals surface area contributed by atoms with E-state index in [2.05, 4.69) is 20.2 Å². The molecule has 0 aliphatic carbocycles. The van der Waals surface area contributed by atoms with Crippen LogP contribution in [0.15, 0.2) is 52.8 Å². The molecule has 0 atom stereocenters. The zero-order valence-corrected chi connectivity index (χ0v) is 12.6. The van der Waals surface area contributed by atoms with Crippen LogP contribution < -0.4 is 0 Å². The fourth-order valence-electron chi connectivity index (χ4n) is 1.88. The van der Waals surface area contributed by atoms with Gasteiger partial charge < -0.3 is 0 Å². The summed E-state index contributed by atoms with van der Waals surface area (Å²) in [5.74, 6) is 0.490. The number of aromatic amines is 1. The Balaban J connectivity index is 1.90. The fourth-order valence-corrected chi connectivity index (χ4v) is 2.68. The maximum atomic E-state index is 11.1. The zero-order chi connectivity index (χ0) is 17.1. The number of benzene rings is 1. The lowest BCUT2D eigenvalue weighted by Gasteiger charge is -1.99. The second kappa shape index (κ2) is 6.42. The third kappa shape index (κ3) is 3.20. The van der Waals surface area contributed by atoms with Crippen LogP contribution in [0, 0.1) is 20.2 Å². The maximum absolute atomic E-state index is 11.1. The van der Waals surface area contributed by atoms with E-state index in [0.29, 0.717) is 5.82 Å². The van der Waals surface area contributed by atoms with Crippen LogP contribution in [0.3, 0.4) is 0 Å². The zero-order valence-electron chi connectivity index (χ0n) is 11.8. The molecule has 0 radical (unpaired) electrons. The molecule has 2 aromatic heterocycles. The molecule has 0 unspecified atom stereocenters. The molecule has 0 aliphatic heterocycles. The molecule has 10 nitrogen and oxygen atoms in total. The minimum absolute atomic E-state index is 0.214. The monoisotopic (exact) mass is 344 g/mol. The summed E-state index contributed by atoms with van der Waals surface area (Å²) in [5.41, 5.74) is 0.0468. The first kappa shape index (κ1) is 15.6. The highest BCUT2D eigenvalue weighted by atomic mass is 32.2. The summed E-state index contributed by atoms with van der Waals surface area (Å²) in [6, 6.07) is 6.90. The third-order valence-electron chi connectivity index (χ3n) is 2.97. The largest absolute Gasteiger partial charge is 0.290 e. The lowest BCUT2D eigenvalue weighted by Crippen LogP contribution is -1.94. The molecule has 2 heterocycles. The first-order chi connectivity index (χ1) is 11.5. The van der Waals surface area contributed by atoms with Gasteiger partial charge in [0.1, 0.15) is 0 Å². The van der Waals surface area contributed by atoms with Gasteiger partial charge in [-0.3, -0.25) is 30.3 Å². The first-order valence-corrected chi connectivity index (χ1v) is 7.30. The van der Waals surface area contributed by atoms with Crippen molar-refractivity contribution < 1.29 is 9.85 Å². The number of H-pyrrole nitrogens is 1. The van der Waals surface area contributed by atoms with Crippen molar-refractivity contribution in [1.82, 2.24) is 20.2 Å². The Hall–Kier alpha value is -3.34. The van der Waals surface area contributed by atoms with E-state index >= 15 is 0 Å². The number of pyridine rings is 1. The van der Waals surface area contributed by atoms with E-state index in [1.807, 2.05) is 0 Å². The van der Waals surface area contributed by atoms with Crippen LogP contribution in [-0.2, 0) is 0 Å². The van der Waals surface area contributed by atoms with Crippen molar-refractivity contribution in [3.8, 4) is 11.4 Å². The summed E-state index contributed by atoms with van der Waals surface area (Å²) < 4.78 is 0. The second-order valence-corrected chi connectivity index (χ2v) is 5.48. The smallest absolute Gasteiger partial charge is 0.265 e. The van der Waals surface area contributed by atoms with Crippen LogP contribution in [0.5, 0.6) is 0 Å². The van der Waals surface area contributed by atoms with Crippen LogP contribution in [0.1, 0.15) is 0 Å². The van der Waals surface area contributed by atoms with Crippen LogP contribution in [-0.4, -0.2) is 30.0 Å². The molecule has 120 valence electrons. The van der Waals surface area contributed by atoms with Crippen LogP contribution in [0.4, 0.5) is 11.4 Å². The lowest BCUT2D eigenvalue weighted by molar-refractivity contribution is -0.396. The van der Waals surface area contributed by atoms with Gasteiger partial charge in [0.05, 0.1) is 20.8 Å². The first-order valence-electron chi connectivity index (χ1n) is 6.48. The van der Waals surface area contributed by atoms with Gasteiger partial charge in [-0.25, -0.2) is 4.98 Å². The Morgan fingerprint density at radius 1 is 1.04 bits per heavy atom. The Morgan fingerprint density at radius 2 is 1.79 bits per heavy atom. The Morgan fingerprint density at radius 3 is 2.46 bits per heavy atom. The van der Waals surface area contributed by atoms with Crippen molar-refractivity contribution in [3.63, 3.8) is 0 Å². The normalized spacial score (nSPS) is 10.5. The van der Waals surface area contributed by atoms with Crippen LogP contribution in [0.2, 0.25) is 0 Å². The predicted molar refractivity (Wildman–Crippen MR) is 83.5 cm³/mol. The van der Waals surface area contributed by atoms with Gasteiger partial charge in [-0.15, -0.1) is 5.10 Å². The van der Waals surface area contributed by atoms with E-state index in [-0.39, 0.29) is 21.4 Å². The van der Waals surface area contributed by atoms with Gasteiger partial charge in [-0.05, 0) is 30.0 Å². The summed E-state index contributed by atoms with van der Waals surface area (Å²) >= 11 is 0.945. The molecule has 1 aromatic carbocycles. The van der Waals surface area contributed by atoms with Crippen LogP contribution >= 0.6 is 11.8 Å². The molecule has 11 heteroatoms. The molecule has 0 fully saturated rings.